The molecule has 0 aliphatic heterocycles. The van der Waals surface area contributed by atoms with Gasteiger partial charge in [0.1, 0.15) is 5.82 Å². The van der Waals surface area contributed by atoms with Gasteiger partial charge in [-0.15, -0.1) is 0 Å². The molecule has 0 N–H and O–H groups in total. The highest BCUT2D eigenvalue weighted by molar-refractivity contribution is 5.71. The van der Waals surface area contributed by atoms with Crippen LogP contribution in [0.3, 0.4) is 0 Å². The van der Waals surface area contributed by atoms with Crippen molar-refractivity contribution in [3.63, 3.8) is 0 Å². The van der Waals surface area contributed by atoms with Crippen molar-refractivity contribution >= 4 is 5.97 Å². The molecule has 3 atom stereocenters. The summed E-state index contributed by atoms with van der Waals surface area (Å²) >= 11 is 0. The quantitative estimate of drug-likeness (QED) is 0.323. The van der Waals surface area contributed by atoms with Crippen LogP contribution in [0.4, 0.5) is 30.7 Å². The molecule has 0 spiro atoms. The fraction of sp³-hybridized carbons (Fsp3) is 0.480. The fourth-order valence-corrected chi connectivity index (χ4v) is 4.62. The van der Waals surface area contributed by atoms with E-state index >= 15 is 0 Å². The number of methoxy groups -OCH3 is 1. The second-order valence-corrected chi connectivity index (χ2v) is 8.79. The van der Waals surface area contributed by atoms with Gasteiger partial charge in [-0.3, -0.25) is 9.69 Å². The lowest BCUT2D eigenvalue weighted by Gasteiger charge is -2.31. The molecule has 198 valence electrons. The number of benzene rings is 2. The van der Waals surface area contributed by atoms with Gasteiger partial charge in [0.25, 0.3) is 0 Å². The highest BCUT2D eigenvalue weighted by atomic mass is 19.4. The molecule has 2 aromatic carbocycles. The van der Waals surface area contributed by atoms with Crippen LogP contribution in [0.2, 0.25) is 0 Å². The van der Waals surface area contributed by atoms with Crippen LogP contribution in [0.25, 0.3) is 0 Å². The van der Waals surface area contributed by atoms with Crippen LogP contribution >= 0.6 is 0 Å². The first kappa shape index (κ1) is 27.9. The molecule has 3 unspecified atom stereocenters. The molecule has 1 aliphatic carbocycles. The topological polar surface area (TPSA) is 38.8 Å². The second-order valence-electron chi connectivity index (χ2n) is 8.79. The minimum Gasteiger partial charge on any atom is -0.468 e. The molecular weight excluding hydrogens is 495 g/mol. The summed E-state index contributed by atoms with van der Waals surface area (Å²) in [6.45, 7) is -0.107. The van der Waals surface area contributed by atoms with Crippen molar-refractivity contribution in [3.8, 4) is 0 Å². The Hall–Kier alpha value is -2.66. The summed E-state index contributed by atoms with van der Waals surface area (Å²) < 4.78 is 103. The minimum absolute atomic E-state index is 0.00996. The van der Waals surface area contributed by atoms with Crippen molar-refractivity contribution in [1.29, 1.82) is 0 Å². The fourth-order valence-electron chi connectivity index (χ4n) is 4.62. The van der Waals surface area contributed by atoms with E-state index in [0.29, 0.717) is 25.0 Å². The van der Waals surface area contributed by atoms with Crippen molar-refractivity contribution in [1.82, 2.24) is 4.90 Å². The number of nitrogens with zero attached hydrogens (tertiary/aromatic N) is 1. The number of carbonyl (C=O) groups excluding carboxylic acids is 1. The standard InChI is InChI=1S/C25H26F7NO3/c1-33(14-22(34)35-2)20-7-8-21(23(20)16-3-5-19(26)6-4-16)36-10-9-15-11-17(24(27,28)29)13-18(12-15)25(30,31)32/h3-6,11-13,20-21,23H,7-10,14H2,1-2H3. The number of hydrogen-bond donors (Lipinski definition) is 0. The van der Waals surface area contributed by atoms with Gasteiger partial charge in [-0.05, 0) is 67.8 Å². The Morgan fingerprint density at radius 3 is 2.08 bits per heavy atom. The second kappa shape index (κ2) is 11.2. The molecule has 0 amide bonds. The SMILES string of the molecule is COC(=O)CN(C)C1CCC(OCCc2cc(C(F)(F)F)cc(C(F)(F)F)c2)C1c1ccc(F)cc1. The van der Waals surface area contributed by atoms with E-state index < -0.39 is 41.4 Å². The number of rotatable bonds is 8. The summed E-state index contributed by atoms with van der Waals surface area (Å²) in [6, 6.07) is 7.09. The van der Waals surface area contributed by atoms with E-state index in [-0.39, 0.29) is 43.2 Å². The molecule has 36 heavy (non-hydrogen) atoms. The number of halogens is 7. The van der Waals surface area contributed by atoms with Crippen LogP contribution in [0.1, 0.15) is 41.0 Å². The maximum Gasteiger partial charge on any atom is 0.416 e. The van der Waals surface area contributed by atoms with E-state index in [0.717, 1.165) is 5.56 Å². The zero-order valence-corrected chi connectivity index (χ0v) is 19.6. The largest absolute Gasteiger partial charge is 0.468 e. The van der Waals surface area contributed by atoms with E-state index in [4.69, 9.17) is 9.47 Å². The van der Waals surface area contributed by atoms with Crippen molar-refractivity contribution in [2.75, 3.05) is 27.3 Å². The average Bonchev–Trinajstić information content (AvgIpc) is 3.22. The summed E-state index contributed by atoms with van der Waals surface area (Å²) in [6.07, 6.45) is -9.30. The first-order chi connectivity index (χ1) is 16.8. The van der Waals surface area contributed by atoms with Crippen LogP contribution in [-0.2, 0) is 33.0 Å². The van der Waals surface area contributed by atoms with Crippen molar-refractivity contribution in [3.05, 3.63) is 70.5 Å². The Labute approximate surface area is 204 Å². The van der Waals surface area contributed by atoms with Crippen molar-refractivity contribution in [2.45, 2.75) is 49.7 Å². The Morgan fingerprint density at radius 1 is 0.972 bits per heavy atom. The third-order valence-electron chi connectivity index (χ3n) is 6.36. The Bertz CT molecular complexity index is 1010. The van der Waals surface area contributed by atoms with Gasteiger partial charge in [-0.2, -0.15) is 26.3 Å². The summed E-state index contributed by atoms with van der Waals surface area (Å²) in [5, 5.41) is 0. The van der Waals surface area contributed by atoms with Gasteiger partial charge in [0.05, 0.1) is 37.5 Å². The van der Waals surface area contributed by atoms with Crippen LogP contribution in [0.5, 0.6) is 0 Å². The van der Waals surface area contributed by atoms with Crippen LogP contribution in [0.15, 0.2) is 42.5 Å². The van der Waals surface area contributed by atoms with Gasteiger partial charge in [0.2, 0.25) is 0 Å². The number of alkyl halides is 6. The molecule has 0 aromatic heterocycles. The van der Waals surface area contributed by atoms with Crippen LogP contribution < -0.4 is 0 Å². The molecule has 1 aliphatic rings. The maximum absolute atomic E-state index is 13.5. The zero-order chi connectivity index (χ0) is 26.7. The molecule has 0 heterocycles. The lowest BCUT2D eigenvalue weighted by Crippen LogP contribution is -2.40. The third kappa shape index (κ3) is 6.97. The number of carbonyl (C=O) groups is 1. The molecule has 0 saturated heterocycles. The van der Waals surface area contributed by atoms with E-state index in [1.165, 1.54) is 19.2 Å². The lowest BCUT2D eigenvalue weighted by atomic mass is 9.91. The predicted molar refractivity (Wildman–Crippen MR) is 117 cm³/mol. The van der Waals surface area contributed by atoms with Crippen molar-refractivity contribution in [2.24, 2.45) is 0 Å². The number of esters is 1. The summed E-state index contributed by atoms with van der Waals surface area (Å²) in [5.41, 5.74) is -2.14. The molecule has 0 radical (unpaired) electrons. The highest BCUT2D eigenvalue weighted by Crippen LogP contribution is 2.40. The van der Waals surface area contributed by atoms with Crippen LogP contribution in [-0.4, -0.2) is 50.3 Å². The molecule has 3 rings (SSSR count). The summed E-state index contributed by atoms with van der Waals surface area (Å²) in [7, 11) is 3.01. The zero-order valence-electron chi connectivity index (χ0n) is 19.6. The molecule has 4 nitrogen and oxygen atoms in total. The van der Waals surface area contributed by atoms with Gasteiger partial charge in [0, 0.05) is 12.0 Å². The van der Waals surface area contributed by atoms with E-state index in [1.54, 1.807) is 24.1 Å². The van der Waals surface area contributed by atoms with E-state index in [9.17, 15) is 35.5 Å². The lowest BCUT2D eigenvalue weighted by molar-refractivity contribution is -0.143. The first-order valence-corrected chi connectivity index (χ1v) is 11.2. The van der Waals surface area contributed by atoms with Crippen LogP contribution in [0, 0.1) is 5.82 Å². The number of ether oxygens (including phenoxy) is 2. The monoisotopic (exact) mass is 521 g/mol. The molecule has 2 aromatic rings. The number of hydrogen-bond acceptors (Lipinski definition) is 4. The molecule has 0 bridgehead atoms. The van der Waals surface area contributed by atoms with Gasteiger partial charge >= 0.3 is 18.3 Å². The Morgan fingerprint density at radius 2 is 1.56 bits per heavy atom. The van der Waals surface area contributed by atoms with Gasteiger partial charge in [0.15, 0.2) is 0 Å². The summed E-state index contributed by atoms with van der Waals surface area (Å²) in [5.74, 6) is -1.17. The molecule has 1 fully saturated rings. The highest BCUT2D eigenvalue weighted by Gasteiger charge is 2.41. The van der Waals surface area contributed by atoms with Gasteiger partial charge in [-0.25, -0.2) is 4.39 Å². The summed E-state index contributed by atoms with van der Waals surface area (Å²) in [4.78, 5) is 13.6. The normalized spacial score (nSPS) is 20.7. The molecular formula is C25H26F7NO3. The van der Waals surface area contributed by atoms with Crippen molar-refractivity contribution < 1.29 is 45.0 Å². The predicted octanol–water partition coefficient (Wildman–Crippen LogP) is 5.84. The maximum atomic E-state index is 13.5. The van der Waals surface area contributed by atoms with Gasteiger partial charge < -0.3 is 9.47 Å². The number of likely N-dealkylation sites (N-methyl/N-ethyl adjacent to an activating group) is 1. The van der Waals surface area contributed by atoms with Gasteiger partial charge in [-0.1, -0.05) is 12.1 Å². The van der Waals surface area contributed by atoms with E-state index in [2.05, 4.69) is 0 Å². The van der Waals surface area contributed by atoms with E-state index in [1.807, 2.05) is 0 Å². The third-order valence-corrected chi connectivity index (χ3v) is 6.36. The Kier molecular flexibility index (Phi) is 8.66. The molecule has 1 saturated carbocycles. The average molecular weight is 521 g/mol. The smallest absolute Gasteiger partial charge is 0.416 e. The Balaban J connectivity index is 1.78. The molecule has 11 heteroatoms. The first-order valence-electron chi connectivity index (χ1n) is 11.2. The minimum atomic E-state index is -4.92.